The van der Waals surface area contributed by atoms with Crippen LogP contribution in [0.4, 0.5) is 0 Å². The van der Waals surface area contributed by atoms with Gasteiger partial charge in [-0.15, -0.1) is 0 Å². The number of benzene rings is 1. The normalized spacial score (nSPS) is 12.6. The van der Waals surface area contributed by atoms with Gasteiger partial charge in [-0.3, -0.25) is 4.79 Å². The lowest BCUT2D eigenvalue weighted by Gasteiger charge is -2.10. The second kappa shape index (κ2) is 4.13. The summed E-state index contributed by atoms with van der Waals surface area (Å²) >= 11 is 0. The molecular formula is C11H11NO3. The average Bonchev–Trinajstić information content (AvgIpc) is 2.73. The molecule has 2 aromatic rings. The zero-order valence-corrected chi connectivity index (χ0v) is 8.34. The number of oxazole rings is 1. The van der Waals surface area contributed by atoms with Gasteiger partial charge >= 0.3 is 0 Å². The lowest BCUT2D eigenvalue weighted by molar-refractivity contribution is -0.129. The zero-order chi connectivity index (χ0) is 10.7. The number of fused-ring (bicyclic) bond motifs is 1. The molecule has 0 fully saturated rings. The van der Waals surface area contributed by atoms with Crippen molar-refractivity contribution in [1.29, 1.82) is 0 Å². The first-order valence-corrected chi connectivity index (χ1v) is 4.70. The lowest BCUT2D eigenvalue weighted by Crippen LogP contribution is -2.03. The summed E-state index contributed by atoms with van der Waals surface area (Å²) < 4.78 is 9.93. The van der Waals surface area contributed by atoms with Crippen LogP contribution in [0.25, 0.3) is 11.1 Å². The van der Waals surface area contributed by atoms with Crippen molar-refractivity contribution >= 4 is 17.6 Å². The predicted octanol–water partition coefficient (Wildman–Crippen LogP) is 2.10. The summed E-state index contributed by atoms with van der Waals surface area (Å²) in [5.41, 5.74) is 2.62. The summed E-state index contributed by atoms with van der Waals surface area (Å²) in [4.78, 5) is 14.2. The van der Waals surface area contributed by atoms with Crippen molar-refractivity contribution in [1.82, 2.24) is 4.98 Å². The molecule has 0 aliphatic carbocycles. The third kappa shape index (κ3) is 1.83. The fourth-order valence-corrected chi connectivity index (χ4v) is 1.58. The van der Waals surface area contributed by atoms with Gasteiger partial charge in [0, 0.05) is 5.92 Å². The number of ether oxygens (including phenoxy) is 1. The minimum atomic E-state index is 0.115. The monoisotopic (exact) mass is 205 g/mol. The Morgan fingerprint density at radius 3 is 3.27 bits per heavy atom. The molecule has 1 atom stereocenters. The van der Waals surface area contributed by atoms with Crippen molar-refractivity contribution in [2.24, 2.45) is 0 Å². The Hall–Kier alpha value is -1.84. The number of hydrogen-bond donors (Lipinski definition) is 0. The van der Waals surface area contributed by atoms with Gasteiger partial charge in [-0.1, -0.05) is 19.1 Å². The maximum atomic E-state index is 10.1. The van der Waals surface area contributed by atoms with E-state index in [1.807, 2.05) is 25.1 Å². The van der Waals surface area contributed by atoms with Gasteiger partial charge in [-0.2, -0.15) is 0 Å². The molecule has 1 aromatic heterocycles. The quantitative estimate of drug-likeness (QED) is 0.717. The lowest BCUT2D eigenvalue weighted by atomic mass is 10.0. The molecule has 15 heavy (non-hydrogen) atoms. The molecule has 0 spiro atoms. The van der Waals surface area contributed by atoms with Crippen LogP contribution in [-0.4, -0.2) is 18.1 Å². The number of carbonyl (C=O) groups is 1. The van der Waals surface area contributed by atoms with Crippen LogP contribution in [0.15, 0.2) is 29.0 Å². The molecule has 4 nitrogen and oxygen atoms in total. The SMILES string of the molecule is CC(COC=O)c1cccc2ocnc12. The van der Waals surface area contributed by atoms with E-state index >= 15 is 0 Å². The fraction of sp³-hybridized carbons (Fsp3) is 0.273. The van der Waals surface area contributed by atoms with Crippen LogP contribution in [0, 0.1) is 0 Å². The Bertz CT molecular complexity index is 464. The predicted molar refractivity (Wildman–Crippen MR) is 54.4 cm³/mol. The number of rotatable bonds is 4. The smallest absolute Gasteiger partial charge is 0.293 e. The highest BCUT2D eigenvalue weighted by Gasteiger charge is 2.12. The molecule has 4 heteroatoms. The molecule has 0 saturated carbocycles. The van der Waals surface area contributed by atoms with Gasteiger partial charge in [-0.05, 0) is 11.6 Å². The molecule has 78 valence electrons. The first-order chi connectivity index (χ1) is 7.33. The van der Waals surface area contributed by atoms with E-state index in [0.29, 0.717) is 13.1 Å². The number of carbonyl (C=O) groups excluding carboxylic acids is 1. The molecule has 1 unspecified atom stereocenters. The van der Waals surface area contributed by atoms with Gasteiger partial charge in [0.15, 0.2) is 12.0 Å². The van der Waals surface area contributed by atoms with E-state index in [1.165, 1.54) is 6.39 Å². The third-order valence-electron chi connectivity index (χ3n) is 2.34. The first kappa shape index (κ1) is 9.71. The third-order valence-corrected chi connectivity index (χ3v) is 2.34. The van der Waals surface area contributed by atoms with Crippen molar-refractivity contribution in [3.05, 3.63) is 30.2 Å². The largest absolute Gasteiger partial charge is 0.467 e. The number of para-hydroxylation sites is 1. The second-order valence-electron chi connectivity index (χ2n) is 3.38. The van der Waals surface area contributed by atoms with Crippen molar-refractivity contribution in [3.8, 4) is 0 Å². The van der Waals surface area contributed by atoms with Gasteiger partial charge < -0.3 is 9.15 Å². The van der Waals surface area contributed by atoms with Crippen LogP contribution < -0.4 is 0 Å². The highest BCUT2D eigenvalue weighted by molar-refractivity contribution is 5.76. The van der Waals surface area contributed by atoms with E-state index in [1.54, 1.807) is 0 Å². The fourth-order valence-electron chi connectivity index (χ4n) is 1.58. The average molecular weight is 205 g/mol. The Labute approximate surface area is 86.9 Å². The summed E-state index contributed by atoms with van der Waals surface area (Å²) in [6.07, 6.45) is 1.42. The molecule has 0 N–H and O–H groups in total. The number of aromatic nitrogens is 1. The van der Waals surface area contributed by atoms with Crippen LogP contribution in [0.1, 0.15) is 18.4 Å². The highest BCUT2D eigenvalue weighted by atomic mass is 16.5. The molecular weight excluding hydrogens is 194 g/mol. The molecule has 1 aromatic carbocycles. The highest BCUT2D eigenvalue weighted by Crippen LogP contribution is 2.24. The minimum absolute atomic E-state index is 0.115. The molecule has 0 bridgehead atoms. The summed E-state index contributed by atoms with van der Waals surface area (Å²) in [5, 5.41) is 0. The van der Waals surface area contributed by atoms with Crippen LogP contribution >= 0.6 is 0 Å². The number of nitrogens with zero attached hydrogens (tertiary/aromatic N) is 1. The maximum absolute atomic E-state index is 10.1. The molecule has 0 aliphatic rings. The summed E-state index contributed by atoms with van der Waals surface area (Å²) in [7, 11) is 0. The van der Waals surface area contributed by atoms with Crippen molar-refractivity contribution < 1.29 is 13.9 Å². The van der Waals surface area contributed by atoms with E-state index in [9.17, 15) is 4.79 Å². The summed E-state index contributed by atoms with van der Waals surface area (Å²) in [5.74, 6) is 0.115. The molecule has 0 saturated heterocycles. The maximum Gasteiger partial charge on any atom is 0.293 e. The Morgan fingerprint density at radius 2 is 2.47 bits per heavy atom. The summed E-state index contributed by atoms with van der Waals surface area (Å²) in [6, 6.07) is 5.73. The van der Waals surface area contributed by atoms with E-state index in [4.69, 9.17) is 9.15 Å². The van der Waals surface area contributed by atoms with Crippen molar-refractivity contribution in [2.75, 3.05) is 6.61 Å². The number of hydrogen-bond acceptors (Lipinski definition) is 4. The zero-order valence-electron chi connectivity index (χ0n) is 8.34. The van der Waals surface area contributed by atoms with E-state index in [0.717, 1.165) is 16.7 Å². The van der Waals surface area contributed by atoms with Gasteiger partial charge in [0.05, 0.1) is 6.61 Å². The van der Waals surface area contributed by atoms with E-state index < -0.39 is 0 Å². The molecule has 0 radical (unpaired) electrons. The van der Waals surface area contributed by atoms with Crippen LogP contribution in [0.3, 0.4) is 0 Å². The van der Waals surface area contributed by atoms with Gasteiger partial charge in [0.1, 0.15) is 5.52 Å². The van der Waals surface area contributed by atoms with Crippen LogP contribution in [-0.2, 0) is 9.53 Å². The van der Waals surface area contributed by atoms with Gasteiger partial charge in [0.25, 0.3) is 6.47 Å². The molecule has 2 rings (SSSR count). The Balaban J connectivity index is 2.33. The van der Waals surface area contributed by atoms with Gasteiger partial charge in [0.2, 0.25) is 0 Å². The van der Waals surface area contributed by atoms with E-state index in [-0.39, 0.29) is 5.92 Å². The van der Waals surface area contributed by atoms with Crippen molar-refractivity contribution in [2.45, 2.75) is 12.8 Å². The standard InChI is InChI=1S/C11H11NO3/c1-8(5-14-7-13)9-3-2-4-10-11(9)12-6-15-10/h2-4,6-8H,5H2,1H3. The van der Waals surface area contributed by atoms with E-state index in [2.05, 4.69) is 4.98 Å². The first-order valence-electron chi connectivity index (χ1n) is 4.70. The van der Waals surface area contributed by atoms with Crippen LogP contribution in [0.2, 0.25) is 0 Å². The topological polar surface area (TPSA) is 52.3 Å². The van der Waals surface area contributed by atoms with Gasteiger partial charge in [-0.25, -0.2) is 4.98 Å². The second-order valence-corrected chi connectivity index (χ2v) is 3.38. The van der Waals surface area contributed by atoms with Crippen molar-refractivity contribution in [3.63, 3.8) is 0 Å². The molecule has 0 amide bonds. The van der Waals surface area contributed by atoms with Crippen LogP contribution in [0.5, 0.6) is 0 Å². The Kier molecular flexibility index (Phi) is 2.67. The minimum Gasteiger partial charge on any atom is -0.467 e. The Morgan fingerprint density at radius 1 is 1.60 bits per heavy atom. The molecule has 1 heterocycles. The molecule has 0 aliphatic heterocycles. The summed E-state index contributed by atoms with van der Waals surface area (Å²) in [6.45, 7) is 2.79.